The van der Waals surface area contributed by atoms with E-state index >= 15 is 0 Å². The number of fused-ring (bicyclic) bond motifs is 1. The van der Waals surface area contributed by atoms with Gasteiger partial charge in [-0.2, -0.15) is 23.7 Å². The quantitative estimate of drug-likeness (QED) is 0.628. The molecule has 3 rings (SSSR count). The third-order valence-electron chi connectivity index (χ3n) is 5.10. The topological polar surface area (TPSA) is 52.5 Å². The summed E-state index contributed by atoms with van der Waals surface area (Å²) in [6, 6.07) is 18.6. The molecular formula is C21H16F3N3. The summed E-state index contributed by atoms with van der Waals surface area (Å²) in [6.07, 6.45) is -4.79. The molecule has 0 N–H and O–H groups in total. The Morgan fingerprint density at radius 3 is 2.04 bits per heavy atom. The van der Waals surface area contributed by atoms with Crippen LogP contribution in [0.2, 0.25) is 0 Å². The van der Waals surface area contributed by atoms with E-state index in [1.54, 1.807) is 78.4 Å². The van der Waals surface area contributed by atoms with Crippen molar-refractivity contribution in [3.8, 4) is 23.4 Å². The minimum absolute atomic E-state index is 0.0487. The number of rotatable bonds is 3. The van der Waals surface area contributed by atoms with Crippen LogP contribution in [0, 0.1) is 28.6 Å². The summed E-state index contributed by atoms with van der Waals surface area (Å²) in [7, 11) is 1.69. The molecule has 6 heteroatoms. The normalized spacial score (nSPS) is 13.9. The number of hydrogen-bond acceptors (Lipinski definition) is 2. The molecule has 0 aliphatic heterocycles. The lowest BCUT2D eigenvalue weighted by molar-refractivity contribution is -0.190. The molecule has 0 spiro atoms. The highest BCUT2D eigenvalue weighted by atomic mass is 19.4. The van der Waals surface area contributed by atoms with Crippen molar-refractivity contribution in [2.75, 3.05) is 0 Å². The van der Waals surface area contributed by atoms with E-state index in [-0.39, 0.29) is 5.56 Å². The van der Waals surface area contributed by atoms with Gasteiger partial charge in [-0.05, 0) is 18.6 Å². The first-order valence-corrected chi connectivity index (χ1v) is 8.26. The van der Waals surface area contributed by atoms with Gasteiger partial charge in [0.2, 0.25) is 0 Å². The summed E-state index contributed by atoms with van der Waals surface area (Å²) in [6.45, 7) is 0.943. The summed E-state index contributed by atoms with van der Waals surface area (Å²) in [5.41, 5.74) is -1.14. The summed E-state index contributed by atoms with van der Waals surface area (Å²) in [5, 5.41) is 19.1. The van der Waals surface area contributed by atoms with Crippen LogP contribution in [0.25, 0.3) is 22.2 Å². The number of aryl methyl sites for hydroxylation is 1. The van der Waals surface area contributed by atoms with Crippen LogP contribution in [-0.4, -0.2) is 10.7 Å². The van der Waals surface area contributed by atoms with Gasteiger partial charge < -0.3 is 4.57 Å². The van der Waals surface area contributed by atoms with E-state index in [1.807, 2.05) is 0 Å². The molecule has 0 aliphatic carbocycles. The van der Waals surface area contributed by atoms with Crippen molar-refractivity contribution < 1.29 is 13.2 Å². The van der Waals surface area contributed by atoms with Crippen LogP contribution >= 0.6 is 0 Å². The number of alkyl halides is 3. The van der Waals surface area contributed by atoms with Crippen LogP contribution in [0.4, 0.5) is 13.2 Å². The largest absolute Gasteiger partial charge is 0.400 e. The standard InChI is InChI=1S/C21H16F3N3/c1-20(21(22,23)24,15(12-25)13-26)18-16-10-6-7-11-17(16)27(2)19(18)14-8-4-3-5-9-14/h3-11,15H,1-2H3. The summed E-state index contributed by atoms with van der Waals surface area (Å²) < 4.78 is 44.7. The number of hydrogen-bond donors (Lipinski definition) is 0. The van der Waals surface area contributed by atoms with Crippen molar-refractivity contribution in [2.45, 2.75) is 18.5 Å². The van der Waals surface area contributed by atoms with Gasteiger partial charge in [0, 0.05) is 23.5 Å². The first-order chi connectivity index (χ1) is 12.8. The zero-order valence-corrected chi connectivity index (χ0v) is 14.7. The monoisotopic (exact) mass is 367 g/mol. The molecule has 3 nitrogen and oxygen atoms in total. The Bertz CT molecular complexity index is 1050. The number of halogens is 3. The molecule has 136 valence electrons. The van der Waals surface area contributed by atoms with Crippen molar-refractivity contribution in [1.29, 1.82) is 10.5 Å². The Morgan fingerprint density at radius 2 is 1.48 bits per heavy atom. The minimum atomic E-state index is -4.79. The van der Waals surface area contributed by atoms with Crippen LogP contribution in [0.3, 0.4) is 0 Å². The first kappa shape index (κ1) is 18.5. The molecule has 0 aliphatic rings. The van der Waals surface area contributed by atoms with Crippen LogP contribution in [0.15, 0.2) is 54.6 Å². The lowest BCUT2D eigenvalue weighted by Crippen LogP contribution is -2.45. The number of para-hydroxylation sites is 1. The Balaban J connectivity index is 2.53. The molecule has 0 radical (unpaired) electrons. The molecular weight excluding hydrogens is 351 g/mol. The molecule has 1 heterocycles. The molecule has 27 heavy (non-hydrogen) atoms. The van der Waals surface area contributed by atoms with E-state index in [9.17, 15) is 23.7 Å². The Morgan fingerprint density at radius 1 is 0.926 bits per heavy atom. The third kappa shape index (κ3) is 2.65. The average molecular weight is 367 g/mol. The van der Waals surface area contributed by atoms with Gasteiger partial charge >= 0.3 is 6.18 Å². The zero-order chi connectivity index (χ0) is 19.8. The highest BCUT2D eigenvalue weighted by Crippen LogP contribution is 2.52. The molecule has 2 aromatic carbocycles. The van der Waals surface area contributed by atoms with Crippen LogP contribution < -0.4 is 0 Å². The van der Waals surface area contributed by atoms with E-state index in [0.29, 0.717) is 22.2 Å². The molecule has 0 amide bonds. The van der Waals surface area contributed by atoms with Gasteiger partial charge in [-0.25, -0.2) is 0 Å². The maximum Gasteiger partial charge on any atom is 0.400 e. The first-order valence-electron chi connectivity index (χ1n) is 8.26. The van der Waals surface area contributed by atoms with E-state index in [4.69, 9.17) is 0 Å². The second kappa shape index (κ2) is 6.48. The van der Waals surface area contributed by atoms with E-state index in [2.05, 4.69) is 0 Å². The smallest absolute Gasteiger partial charge is 0.343 e. The minimum Gasteiger partial charge on any atom is -0.343 e. The van der Waals surface area contributed by atoms with Crippen LogP contribution in [0.1, 0.15) is 12.5 Å². The molecule has 1 unspecified atom stereocenters. The van der Waals surface area contributed by atoms with Gasteiger partial charge in [-0.15, -0.1) is 0 Å². The second-order valence-electron chi connectivity index (χ2n) is 6.56. The SMILES string of the molecule is Cn1c(-c2ccccc2)c(C(C)(C(C#N)C#N)C(F)(F)F)c2ccccc21. The average Bonchev–Trinajstić information content (AvgIpc) is 2.95. The van der Waals surface area contributed by atoms with E-state index in [1.165, 1.54) is 0 Å². The highest BCUT2D eigenvalue weighted by molar-refractivity contribution is 5.93. The molecule has 1 aromatic heterocycles. The predicted molar refractivity (Wildman–Crippen MR) is 96.5 cm³/mol. The Hall–Kier alpha value is -3.25. The van der Waals surface area contributed by atoms with Crippen molar-refractivity contribution >= 4 is 10.9 Å². The maximum atomic E-state index is 14.3. The summed E-state index contributed by atoms with van der Waals surface area (Å²) in [4.78, 5) is 0. The number of nitrogens with zero attached hydrogens (tertiary/aromatic N) is 3. The Labute approximate surface area is 154 Å². The number of nitriles is 2. The van der Waals surface area contributed by atoms with Gasteiger partial charge in [-0.1, -0.05) is 48.5 Å². The molecule has 0 fully saturated rings. The zero-order valence-electron chi connectivity index (χ0n) is 14.7. The second-order valence-corrected chi connectivity index (χ2v) is 6.56. The fraction of sp³-hybridized carbons (Fsp3) is 0.238. The predicted octanol–water partition coefficient (Wildman–Crippen LogP) is 5.33. The summed E-state index contributed by atoms with van der Waals surface area (Å²) in [5.74, 6) is -1.88. The maximum absolute atomic E-state index is 14.3. The lowest BCUT2D eigenvalue weighted by Gasteiger charge is -2.34. The molecule has 3 aromatic rings. The van der Waals surface area contributed by atoms with Gasteiger partial charge in [-0.3, -0.25) is 0 Å². The van der Waals surface area contributed by atoms with Crippen molar-refractivity contribution in [3.63, 3.8) is 0 Å². The van der Waals surface area contributed by atoms with Gasteiger partial charge in [0.25, 0.3) is 0 Å². The number of aromatic nitrogens is 1. The Kier molecular flexibility index (Phi) is 4.45. The highest BCUT2D eigenvalue weighted by Gasteiger charge is 2.60. The fourth-order valence-electron chi connectivity index (χ4n) is 3.59. The number of benzene rings is 2. The third-order valence-corrected chi connectivity index (χ3v) is 5.10. The molecule has 1 atom stereocenters. The fourth-order valence-corrected chi connectivity index (χ4v) is 3.59. The van der Waals surface area contributed by atoms with Crippen LogP contribution in [0.5, 0.6) is 0 Å². The van der Waals surface area contributed by atoms with Gasteiger partial charge in [0.05, 0.1) is 17.8 Å². The van der Waals surface area contributed by atoms with Crippen LogP contribution in [-0.2, 0) is 12.5 Å². The van der Waals surface area contributed by atoms with E-state index in [0.717, 1.165) is 6.92 Å². The van der Waals surface area contributed by atoms with Gasteiger partial charge in [0.1, 0.15) is 5.41 Å². The van der Waals surface area contributed by atoms with Crippen molar-refractivity contribution in [2.24, 2.45) is 13.0 Å². The van der Waals surface area contributed by atoms with Crippen molar-refractivity contribution in [1.82, 2.24) is 4.57 Å². The lowest BCUT2D eigenvalue weighted by atomic mass is 9.70. The van der Waals surface area contributed by atoms with Crippen molar-refractivity contribution in [3.05, 3.63) is 60.2 Å². The summed E-state index contributed by atoms with van der Waals surface area (Å²) >= 11 is 0. The molecule has 0 bridgehead atoms. The van der Waals surface area contributed by atoms with E-state index < -0.39 is 17.5 Å². The van der Waals surface area contributed by atoms with Gasteiger partial charge in [0.15, 0.2) is 5.92 Å². The molecule has 0 saturated heterocycles. The molecule has 0 saturated carbocycles.